The number of nitrogens with two attached hydrogens (primary N) is 1. The zero-order valence-electron chi connectivity index (χ0n) is 9.21. The van der Waals surface area contributed by atoms with Crippen molar-refractivity contribution < 1.29 is 14.3 Å². The van der Waals surface area contributed by atoms with Crippen LogP contribution in [-0.2, 0) is 7.05 Å². The number of fused-ring (bicyclic) bond motifs is 1. The monoisotopic (exact) mass is 236 g/mol. The van der Waals surface area contributed by atoms with Crippen LogP contribution in [0.25, 0.3) is 11.1 Å². The number of aliphatic hydroxyl groups excluding tert-OH is 1. The van der Waals surface area contributed by atoms with E-state index in [1.54, 1.807) is 7.05 Å². The van der Waals surface area contributed by atoms with Gasteiger partial charge in [-0.15, -0.1) is 0 Å². The number of hydrogen-bond donors (Lipinski definition) is 2. The molecule has 2 rings (SSSR count). The number of aromatic nitrogens is 1. The molecule has 0 radical (unpaired) electrons. The van der Waals surface area contributed by atoms with E-state index in [1.807, 2.05) is 0 Å². The van der Waals surface area contributed by atoms with E-state index in [9.17, 15) is 9.59 Å². The average molecular weight is 236 g/mol. The number of benzene rings is 1. The van der Waals surface area contributed by atoms with Crippen LogP contribution in [0.3, 0.4) is 0 Å². The predicted octanol–water partition coefficient (Wildman–Crippen LogP) is -0.366. The van der Waals surface area contributed by atoms with Gasteiger partial charge >= 0.3 is 5.76 Å². The van der Waals surface area contributed by atoms with Crippen LogP contribution in [0.1, 0.15) is 10.4 Å². The van der Waals surface area contributed by atoms with Crippen molar-refractivity contribution in [2.75, 3.05) is 6.61 Å². The van der Waals surface area contributed by atoms with Gasteiger partial charge in [0, 0.05) is 12.6 Å². The number of rotatable bonds is 3. The molecule has 1 aromatic carbocycles. The summed E-state index contributed by atoms with van der Waals surface area (Å²) in [4.78, 5) is 23.0. The molecule has 0 aliphatic rings. The molecule has 0 spiro atoms. The van der Waals surface area contributed by atoms with Crippen molar-refractivity contribution in [2.24, 2.45) is 12.8 Å². The van der Waals surface area contributed by atoms with Gasteiger partial charge in [-0.2, -0.15) is 0 Å². The van der Waals surface area contributed by atoms with E-state index >= 15 is 0 Å². The van der Waals surface area contributed by atoms with Crippen LogP contribution in [0, 0.1) is 0 Å². The Morgan fingerprint density at radius 1 is 1.59 bits per heavy atom. The molecule has 6 nitrogen and oxygen atoms in total. The SMILES string of the molecule is Cn1c(=O)oc2ccc(C(=O)C(N)CO)cc21. The number of hydrogen-bond acceptors (Lipinski definition) is 5. The molecule has 0 amide bonds. The normalized spacial score (nSPS) is 12.9. The van der Waals surface area contributed by atoms with Gasteiger partial charge in [-0.25, -0.2) is 4.79 Å². The molecule has 1 unspecified atom stereocenters. The molecule has 1 heterocycles. The van der Waals surface area contributed by atoms with Gasteiger partial charge in [0.2, 0.25) is 0 Å². The summed E-state index contributed by atoms with van der Waals surface area (Å²) in [5, 5.41) is 8.82. The highest BCUT2D eigenvalue weighted by molar-refractivity contribution is 6.02. The summed E-state index contributed by atoms with van der Waals surface area (Å²) in [6, 6.07) is 3.63. The molecular formula is C11H12N2O4. The van der Waals surface area contributed by atoms with E-state index in [0.29, 0.717) is 16.7 Å². The zero-order chi connectivity index (χ0) is 12.6. The lowest BCUT2D eigenvalue weighted by atomic mass is 10.1. The lowest BCUT2D eigenvalue weighted by Crippen LogP contribution is -2.34. The number of carbonyl (C=O) groups excluding carboxylic acids is 1. The second-order valence-electron chi connectivity index (χ2n) is 3.76. The molecular weight excluding hydrogens is 224 g/mol. The fraction of sp³-hybridized carbons (Fsp3) is 0.273. The number of ketones is 1. The van der Waals surface area contributed by atoms with E-state index in [1.165, 1.54) is 22.8 Å². The Bertz CT molecular complexity index is 626. The number of nitrogens with zero attached hydrogens (tertiary/aromatic N) is 1. The first-order valence-corrected chi connectivity index (χ1v) is 5.05. The summed E-state index contributed by atoms with van der Waals surface area (Å²) in [7, 11) is 1.55. The standard InChI is InChI=1S/C11H12N2O4/c1-13-8-4-6(10(15)7(12)5-14)2-3-9(8)17-11(13)16/h2-4,7,14H,5,12H2,1H3. The van der Waals surface area contributed by atoms with Crippen molar-refractivity contribution in [3.8, 4) is 0 Å². The Morgan fingerprint density at radius 2 is 2.29 bits per heavy atom. The van der Waals surface area contributed by atoms with Crippen LogP contribution in [0.5, 0.6) is 0 Å². The van der Waals surface area contributed by atoms with Crippen LogP contribution in [-0.4, -0.2) is 28.1 Å². The maximum absolute atomic E-state index is 11.7. The number of aliphatic hydroxyl groups is 1. The van der Waals surface area contributed by atoms with Crippen LogP contribution < -0.4 is 11.5 Å². The summed E-state index contributed by atoms with van der Waals surface area (Å²) < 4.78 is 6.24. The number of Topliss-reactive ketones (excluding diaryl/α,β-unsaturated/α-hetero) is 1. The van der Waals surface area contributed by atoms with E-state index in [-0.39, 0.29) is 5.78 Å². The molecule has 17 heavy (non-hydrogen) atoms. The van der Waals surface area contributed by atoms with Crippen molar-refractivity contribution in [3.63, 3.8) is 0 Å². The summed E-state index contributed by atoms with van der Waals surface area (Å²) >= 11 is 0. The third kappa shape index (κ3) is 1.88. The summed E-state index contributed by atoms with van der Waals surface area (Å²) in [5.41, 5.74) is 6.72. The van der Waals surface area contributed by atoms with Crippen molar-refractivity contribution in [1.29, 1.82) is 0 Å². The number of carbonyl (C=O) groups is 1. The van der Waals surface area contributed by atoms with Crippen LogP contribution in [0.15, 0.2) is 27.4 Å². The van der Waals surface area contributed by atoms with Gasteiger partial charge in [-0.3, -0.25) is 9.36 Å². The molecule has 3 N–H and O–H groups in total. The third-order valence-corrected chi connectivity index (χ3v) is 2.61. The van der Waals surface area contributed by atoms with E-state index in [4.69, 9.17) is 15.3 Å². The highest BCUT2D eigenvalue weighted by atomic mass is 16.4. The third-order valence-electron chi connectivity index (χ3n) is 2.61. The molecule has 0 fully saturated rings. The topological polar surface area (TPSA) is 98.5 Å². The van der Waals surface area contributed by atoms with Gasteiger partial charge in [0.1, 0.15) is 0 Å². The summed E-state index contributed by atoms with van der Waals surface area (Å²) in [5.74, 6) is -0.862. The molecule has 0 saturated heterocycles. The molecule has 1 atom stereocenters. The maximum atomic E-state index is 11.7. The highest BCUT2D eigenvalue weighted by Crippen LogP contribution is 2.15. The molecule has 90 valence electrons. The van der Waals surface area contributed by atoms with E-state index < -0.39 is 18.4 Å². The Labute approximate surface area is 96.3 Å². The minimum Gasteiger partial charge on any atom is -0.408 e. The summed E-state index contributed by atoms with van der Waals surface area (Å²) in [6.07, 6.45) is 0. The summed E-state index contributed by atoms with van der Waals surface area (Å²) in [6.45, 7) is -0.415. The largest absolute Gasteiger partial charge is 0.419 e. The van der Waals surface area contributed by atoms with Crippen molar-refractivity contribution in [1.82, 2.24) is 4.57 Å². The second-order valence-corrected chi connectivity index (χ2v) is 3.76. The predicted molar refractivity (Wildman–Crippen MR) is 60.8 cm³/mol. The first-order valence-electron chi connectivity index (χ1n) is 5.05. The van der Waals surface area contributed by atoms with E-state index in [0.717, 1.165) is 0 Å². The smallest absolute Gasteiger partial charge is 0.408 e. The second kappa shape index (κ2) is 4.15. The van der Waals surface area contributed by atoms with Gasteiger partial charge < -0.3 is 15.3 Å². The number of oxazole rings is 1. The fourth-order valence-corrected chi connectivity index (χ4v) is 1.58. The lowest BCUT2D eigenvalue weighted by Gasteiger charge is -2.06. The Kier molecular flexibility index (Phi) is 2.83. The quantitative estimate of drug-likeness (QED) is 0.709. The molecule has 0 aliphatic heterocycles. The van der Waals surface area contributed by atoms with Crippen molar-refractivity contribution in [2.45, 2.75) is 6.04 Å². The van der Waals surface area contributed by atoms with Gasteiger partial charge in [0.25, 0.3) is 0 Å². The molecule has 1 aromatic heterocycles. The van der Waals surface area contributed by atoms with Crippen LogP contribution >= 0.6 is 0 Å². The van der Waals surface area contributed by atoms with Gasteiger partial charge in [0.15, 0.2) is 11.4 Å². The zero-order valence-corrected chi connectivity index (χ0v) is 9.21. The Balaban J connectivity index is 2.54. The van der Waals surface area contributed by atoms with Gasteiger partial charge in [-0.05, 0) is 18.2 Å². The molecule has 0 bridgehead atoms. The molecule has 2 aromatic rings. The van der Waals surface area contributed by atoms with Crippen LogP contribution in [0.4, 0.5) is 0 Å². The Hall–Kier alpha value is -1.92. The van der Waals surface area contributed by atoms with E-state index in [2.05, 4.69) is 0 Å². The molecule has 0 aliphatic carbocycles. The van der Waals surface area contributed by atoms with Gasteiger partial charge in [0.05, 0.1) is 18.2 Å². The van der Waals surface area contributed by atoms with Crippen molar-refractivity contribution >= 4 is 16.9 Å². The lowest BCUT2D eigenvalue weighted by molar-refractivity contribution is 0.0925. The number of aryl methyl sites for hydroxylation is 1. The first-order chi connectivity index (χ1) is 8.04. The highest BCUT2D eigenvalue weighted by Gasteiger charge is 2.16. The minimum atomic E-state index is -0.948. The molecule has 0 saturated carbocycles. The van der Waals surface area contributed by atoms with Crippen molar-refractivity contribution in [3.05, 3.63) is 34.3 Å². The first kappa shape index (κ1) is 11.6. The van der Waals surface area contributed by atoms with Gasteiger partial charge in [-0.1, -0.05) is 0 Å². The van der Waals surface area contributed by atoms with Crippen LogP contribution in [0.2, 0.25) is 0 Å². The average Bonchev–Trinajstić information content (AvgIpc) is 2.63. The maximum Gasteiger partial charge on any atom is 0.419 e. The minimum absolute atomic E-state index is 0.343. The Morgan fingerprint density at radius 3 is 2.94 bits per heavy atom. The molecule has 6 heteroatoms. The fourth-order valence-electron chi connectivity index (χ4n) is 1.58.